The van der Waals surface area contributed by atoms with Crippen LogP contribution >= 0.6 is 0 Å². The molecule has 0 heterocycles. The molecule has 0 unspecified atom stereocenters. The topological polar surface area (TPSA) is 52.5 Å². The lowest BCUT2D eigenvalue weighted by molar-refractivity contribution is 0.463. The Morgan fingerprint density at radius 1 is 0.655 bits per heavy atom. The van der Waals surface area contributed by atoms with Gasteiger partial charge >= 0.3 is 0 Å². The van der Waals surface area contributed by atoms with Crippen LogP contribution in [0, 0.1) is 11.6 Å². The van der Waals surface area contributed by atoms with Crippen molar-refractivity contribution in [3.05, 3.63) is 59.2 Å². The van der Waals surface area contributed by atoms with Crippen LogP contribution in [0.2, 0.25) is 0 Å². The number of halogens is 2. The fraction of sp³-hybridized carbons (Fsp3) is 0.500. The van der Waals surface area contributed by atoms with E-state index in [0.29, 0.717) is 24.0 Å². The Morgan fingerprint density at radius 2 is 1.07 bits per heavy atom. The molecule has 2 aromatic carbocycles. The van der Waals surface area contributed by atoms with Crippen molar-refractivity contribution < 1.29 is 19.0 Å². The molecule has 29 heavy (non-hydrogen) atoms. The highest BCUT2D eigenvalue weighted by Gasteiger charge is 2.04. The zero-order valence-electron chi connectivity index (χ0n) is 17.7. The van der Waals surface area contributed by atoms with Gasteiger partial charge in [0.05, 0.1) is 0 Å². The third-order valence-electron chi connectivity index (χ3n) is 4.68. The number of hydrogen-bond donors (Lipinski definition) is 3. The number of unbranched alkanes of at least 4 members (excludes halogenated alkanes) is 4. The van der Waals surface area contributed by atoms with E-state index in [0.717, 1.165) is 51.6 Å². The van der Waals surface area contributed by atoms with Crippen LogP contribution in [-0.2, 0) is 12.8 Å². The third kappa shape index (κ3) is 10.3. The van der Waals surface area contributed by atoms with E-state index >= 15 is 0 Å². The predicted molar refractivity (Wildman–Crippen MR) is 115 cm³/mol. The summed E-state index contributed by atoms with van der Waals surface area (Å²) in [7, 11) is 0. The Kier molecular flexibility index (Phi) is 12.7. The van der Waals surface area contributed by atoms with Crippen LogP contribution in [0.1, 0.15) is 63.5 Å². The van der Waals surface area contributed by atoms with Crippen LogP contribution in [0.15, 0.2) is 36.4 Å². The highest BCUT2D eigenvalue weighted by Crippen LogP contribution is 2.21. The quantitative estimate of drug-likeness (QED) is 0.372. The molecule has 0 saturated heterocycles. The van der Waals surface area contributed by atoms with Gasteiger partial charge in [0.1, 0.15) is 23.1 Å². The van der Waals surface area contributed by atoms with Crippen LogP contribution in [-0.4, -0.2) is 23.3 Å². The molecule has 3 N–H and O–H groups in total. The number of aromatic hydroxyl groups is 2. The normalized spacial score (nSPS) is 10.5. The first-order chi connectivity index (χ1) is 14.1. The highest BCUT2D eigenvalue weighted by molar-refractivity contribution is 5.33. The molecule has 0 bridgehead atoms. The van der Waals surface area contributed by atoms with Crippen molar-refractivity contribution >= 4 is 0 Å². The number of rotatable bonds is 12. The second kappa shape index (κ2) is 14.8. The number of phenolic OH excluding ortho intramolecular Hbond substituents is 2. The first-order valence-corrected chi connectivity index (χ1v) is 10.7. The monoisotopic (exact) mass is 407 g/mol. The lowest BCUT2D eigenvalue weighted by atomic mass is 10.1. The fourth-order valence-corrected chi connectivity index (χ4v) is 3.12. The fourth-order valence-electron chi connectivity index (χ4n) is 3.12. The molecule has 0 spiro atoms. The average Bonchev–Trinajstić information content (AvgIpc) is 2.72. The summed E-state index contributed by atoms with van der Waals surface area (Å²) in [6.07, 6.45) is 7.39. The van der Waals surface area contributed by atoms with Gasteiger partial charge in [-0.25, -0.2) is 8.78 Å². The second-order valence-corrected chi connectivity index (χ2v) is 6.92. The van der Waals surface area contributed by atoms with E-state index in [9.17, 15) is 19.0 Å². The molecule has 5 heteroatoms. The Bertz CT molecular complexity index is 648. The largest absolute Gasteiger partial charge is 0.508 e. The molecule has 2 aromatic rings. The predicted octanol–water partition coefficient (Wildman–Crippen LogP) is 6.12. The SMILES string of the molecule is CC.Oc1ccc(F)cc1CCCCCNCCCCCc1cc(F)ccc1O. The first kappa shape index (κ1) is 24.9. The number of hydrogen-bond acceptors (Lipinski definition) is 3. The molecule has 0 aromatic heterocycles. The van der Waals surface area contributed by atoms with Gasteiger partial charge in [0, 0.05) is 0 Å². The molecule has 0 fully saturated rings. The van der Waals surface area contributed by atoms with E-state index < -0.39 is 0 Å². The third-order valence-corrected chi connectivity index (χ3v) is 4.68. The molecule has 0 radical (unpaired) electrons. The maximum absolute atomic E-state index is 13.1. The maximum atomic E-state index is 13.1. The van der Waals surface area contributed by atoms with Crippen molar-refractivity contribution in [1.82, 2.24) is 5.32 Å². The minimum absolute atomic E-state index is 0.168. The molecule has 0 amide bonds. The summed E-state index contributed by atoms with van der Waals surface area (Å²) in [5.74, 6) is -0.281. The summed E-state index contributed by atoms with van der Waals surface area (Å²) in [6, 6.07) is 8.14. The molecular weight excluding hydrogens is 372 g/mol. The van der Waals surface area contributed by atoms with Gasteiger partial charge in [-0.05, 0) is 99.1 Å². The zero-order chi connectivity index (χ0) is 21.5. The van der Waals surface area contributed by atoms with E-state index in [1.807, 2.05) is 13.8 Å². The molecule has 0 aliphatic rings. The zero-order valence-corrected chi connectivity index (χ0v) is 17.7. The van der Waals surface area contributed by atoms with Crippen molar-refractivity contribution in [2.24, 2.45) is 0 Å². The maximum Gasteiger partial charge on any atom is 0.123 e. The summed E-state index contributed by atoms with van der Waals surface area (Å²) >= 11 is 0. The summed E-state index contributed by atoms with van der Waals surface area (Å²) < 4.78 is 26.3. The van der Waals surface area contributed by atoms with Crippen molar-refractivity contribution in [3.8, 4) is 11.5 Å². The van der Waals surface area contributed by atoms with Gasteiger partial charge in [0.15, 0.2) is 0 Å². The number of aryl methyl sites for hydroxylation is 2. The molecule has 0 atom stereocenters. The highest BCUT2D eigenvalue weighted by atomic mass is 19.1. The van der Waals surface area contributed by atoms with Gasteiger partial charge in [-0.1, -0.05) is 26.7 Å². The van der Waals surface area contributed by atoms with E-state index in [1.165, 1.54) is 36.4 Å². The molecule has 0 saturated carbocycles. The first-order valence-electron chi connectivity index (χ1n) is 10.7. The molecule has 162 valence electrons. The average molecular weight is 408 g/mol. The van der Waals surface area contributed by atoms with Gasteiger partial charge in [-0.15, -0.1) is 0 Å². The second-order valence-electron chi connectivity index (χ2n) is 6.92. The van der Waals surface area contributed by atoms with Gasteiger partial charge in [0.2, 0.25) is 0 Å². The Hall–Kier alpha value is -2.14. The van der Waals surface area contributed by atoms with E-state index in [1.54, 1.807) is 0 Å². The van der Waals surface area contributed by atoms with Gasteiger partial charge in [-0.2, -0.15) is 0 Å². The molecule has 3 nitrogen and oxygen atoms in total. The van der Waals surface area contributed by atoms with Gasteiger partial charge in [-0.3, -0.25) is 0 Å². The summed E-state index contributed by atoms with van der Waals surface area (Å²) in [5.41, 5.74) is 1.35. The molecule has 2 rings (SSSR count). The van der Waals surface area contributed by atoms with Crippen LogP contribution in [0.3, 0.4) is 0 Å². The van der Waals surface area contributed by atoms with Crippen molar-refractivity contribution in [2.75, 3.05) is 13.1 Å². The van der Waals surface area contributed by atoms with Crippen LogP contribution < -0.4 is 5.32 Å². The molecule has 0 aliphatic heterocycles. The van der Waals surface area contributed by atoms with Crippen LogP contribution in [0.5, 0.6) is 11.5 Å². The van der Waals surface area contributed by atoms with E-state index in [-0.39, 0.29) is 23.1 Å². The molecule has 0 aliphatic carbocycles. The summed E-state index contributed by atoms with van der Waals surface area (Å²) in [6.45, 7) is 5.89. The smallest absolute Gasteiger partial charge is 0.123 e. The lowest BCUT2D eigenvalue weighted by Gasteiger charge is -2.07. The number of phenols is 2. The molecular formula is C24H35F2NO2. The minimum atomic E-state index is -0.308. The summed E-state index contributed by atoms with van der Waals surface area (Å²) in [5, 5.41) is 22.7. The van der Waals surface area contributed by atoms with Gasteiger partial charge in [0.25, 0.3) is 0 Å². The number of nitrogens with one attached hydrogen (secondary N) is 1. The van der Waals surface area contributed by atoms with Crippen LogP contribution in [0.25, 0.3) is 0 Å². The standard InChI is InChI=1S/C22H29F2NO2.C2H6/c23-19-9-11-21(26)17(15-19)7-3-1-5-13-25-14-6-2-4-8-18-16-20(24)10-12-22(18)27;1-2/h9-12,15-16,25-27H,1-8,13-14H2;1-2H3. The Balaban J connectivity index is 0.00000204. The van der Waals surface area contributed by atoms with Crippen molar-refractivity contribution in [3.63, 3.8) is 0 Å². The minimum Gasteiger partial charge on any atom is -0.508 e. The summed E-state index contributed by atoms with van der Waals surface area (Å²) in [4.78, 5) is 0. The van der Waals surface area contributed by atoms with E-state index in [4.69, 9.17) is 0 Å². The Morgan fingerprint density at radius 3 is 1.48 bits per heavy atom. The van der Waals surface area contributed by atoms with Crippen molar-refractivity contribution in [1.29, 1.82) is 0 Å². The van der Waals surface area contributed by atoms with Crippen LogP contribution in [0.4, 0.5) is 8.78 Å². The lowest BCUT2D eigenvalue weighted by Crippen LogP contribution is -2.16. The Labute approximate surface area is 173 Å². The number of benzene rings is 2. The van der Waals surface area contributed by atoms with Crippen molar-refractivity contribution in [2.45, 2.75) is 65.2 Å². The van der Waals surface area contributed by atoms with E-state index in [2.05, 4.69) is 5.32 Å². The van der Waals surface area contributed by atoms with Gasteiger partial charge < -0.3 is 15.5 Å².